The van der Waals surface area contributed by atoms with Crippen molar-refractivity contribution in [1.29, 1.82) is 0 Å². The molecule has 2 heterocycles. The molecule has 1 radical (unpaired) electrons. The third-order valence-corrected chi connectivity index (χ3v) is 1.24. The lowest BCUT2D eigenvalue weighted by atomic mass is 10.5. The SMILES string of the molecule is [C]1=C2N=CC=CN2NC1. The standard InChI is InChI=1S/C6H6N3/c1-3-7-6-2-4-8-9(6)5-1/h1,3,5,8H,4H2. The molecule has 0 saturated heterocycles. The van der Waals surface area contributed by atoms with E-state index in [9.17, 15) is 0 Å². The molecule has 9 heavy (non-hydrogen) atoms. The highest BCUT2D eigenvalue weighted by Gasteiger charge is 2.11. The zero-order chi connectivity index (χ0) is 6.10. The van der Waals surface area contributed by atoms with Gasteiger partial charge in [-0.1, -0.05) is 0 Å². The summed E-state index contributed by atoms with van der Waals surface area (Å²) in [4.78, 5) is 4.05. The summed E-state index contributed by atoms with van der Waals surface area (Å²) in [7, 11) is 0. The lowest BCUT2D eigenvalue weighted by Crippen LogP contribution is -2.26. The van der Waals surface area contributed by atoms with E-state index in [0.29, 0.717) is 0 Å². The summed E-state index contributed by atoms with van der Waals surface area (Å²) in [6.45, 7) is 0.761. The largest absolute Gasteiger partial charge is 0.266 e. The van der Waals surface area contributed by atoms with E-state index >= 15 is 0 Å². The van der Waals surface area contributed by atoms with Crippen molar-refractivity contribution >= 4 is 6.21 Å². The molecule has 0 saturated carbocycles. The van der Waals surface area contributed by atoms with Crippen molar-refractivity contribution in [3.8, 4) is 0 Å². The summed E-state index contributed by atoms with van der Waals surface area (Å²) in [5.74, 6) is 0.873. The number of fused-ring (bicyclic) bond motifs is 1. The molecule has 0 unspecified atom stereocenters. The van der Waals surface area contributed by atoms with Crippen LogP contribution in [0.1, 0.15) is 0 Å². The van der Waals surface area contributed by atoms with Gasteiger partial charge in [0.25, 0.3) is 0 Å². The van der Waals surface area contributed by atoms with Crippen LogP contribution in [0.5, 0.6) is 0 Å². The summed E-state index contributed by atoms with van der Waals surface area (Å²) in [6, 6.07) is 0. The van der Waals surface area contributed by atoms with E-state index in [1.807, 2.05) is 17.3 Å². The highest BCUT2D eigenvalue weighted by atomic mass is 15.5. The highest BCUT2D eigenvalue weighted by Crippen LogP contribution is 2.09. The molecule has 0 bridgehead atoms. The van der Waals surface area contributed by atoms with Gasteiger partial charge in [-0.2, -0.15) is 0 Å². The second-order valence-corrected chi connectivity index (χ2v) is 1.82. The van der Waals surface area contributed by atoms with E-state index in [0.717, 1.165) is 12.4 Å². The maximum Gasteiger partial charge on any atom is 0.151 e. The average Bonchev–Trinajstić information content (AvgIpc) is 2.33. The minimum atomic E-state index is 0.761. The van der Waals surface area contributed by atoms with Crippen molar-refractivity contribution in [2.24, 2.45) is 4.99 Å². The fourth-order valence-corrected chi connectivity index (χ4v) is 0.833. The molecule has 0 aromatic rings. The van der Waals surface area contributed by atoms with Gasteiger partial charge in [0.15, 0.2) is 5.82 Å². The molecule has 0 aromatic heterocycles. The summed E-state index contributed by atoms with van der Waals surface area (Å²) in [5, 5.41) is 1.85. The van der Waals surface area contributed by atoms with Gasteiger partial charge < -0.3 is 0 Å². The molecule has 2 aliphatic rings. The third-order valence-electron chi connectivity index (χ3n) is 1.24. The van der Waals surface area contributed by atoms with E-state index in [2.05, 4.69) is 16.5 Å². The van der Waals surface area contributed by atoms with Crippen molar-refractivity contribution in [2.45, 2.75) is 0 Å². The Bertz CT molecular complexity index is 200. The third kappa shape index (κ3) is 0.658. The Morgan fingerprint density at radius 1 is 1.78 bits per heavy atom. The van der Waals surface area contributed by atoms with Crippen LogP contribution in [0.25, 0.3) is 0 Å². The fraction of sp³-hybridized carbons (Fsp3) is 0.167. The molecule has 3 heteroatoms. The van der Waals surface area contributed by atoms with E-state index in [1.54, 1.807) is 6.21 Å². The molecular weight excluding hydrogens is 114 g/mol. The zero-order valence-corrected chi connectivity index (χ0v) is 4.83. The van der Waals surface area contributed by atoms with Gasteiger partial charge in [0.05, 0.1) is 0 Å². The van der Waals surface area contributed by atoms with E-state index in [1.165, 1.54) is 0 Å². The number of aliphatic imine (C=N–C) groups is 1. The van der Waals surface area contributed by atoms with Crippen LogP contribution in [-0.4, -0.2) is 17.8 Å². The lowest BCUT2D eigenvalue weighted by molar-refractivity contribution is 0.383. The van der Waals surface area contributed by atoms with Crippen LogP contribution in [-0.2, 0) is 0 Å². The van der Waals surface area contributed by atoms with Crippen LogP contribution >= 0.6 is 0 Å². The summed E-state index contributed by atoms with van der Waals surface area (Å²) in [5.41, 5.74) is 3.04. The maximum absolute atomic E-state index is 4.05. The smallest absolute Gasteiger partial charge is 0.151 e. The first-order valence-corrected chi connectivity index (χ1v) is 2.81. The predicted octanol–water partition coefficient (Wildman–Crippen LogP) is 0.0493. The molecule has 0 spiro atoms. The molecule has 2 rings (SSSR count). The van der Waals surface area contributed by atoms with Gasteiger partial charge in [-0.25, -0.2) is 10.4 Å². The van der Waals surface area contributed by atoms with Crippen LogP contribution in [0.3, 0.4) is 0 Å². The second kappa shape index (κ2) is 1.70. The van der Waals surface area contributed by atoms with Crippen LogP contribution in [0.4, 0.5) is 0 Å². The van der Waals surface area contributed by atoms with Crippen LogP contribution < -0.4 is 5.43 Å². The van der Waals surface area contributed by atoms with Gasteiger partial charge in [0, 0.05) is 25.0 Å². The average molecular weight is 120 g/mol. The summed E-state index contributed by atoms with van der Waals surface area (Å²) in [6.07, 6.45) is 8.59. The van der Waals surface area contributed by atoms with Gasteiger partial charge in [0.2, 0.25) is 0 Å². The molecule has 0 aromatic carbocycles. The maximum atomic E-state index is 4.05. The monoisotopic (exact) mass is 120 g/mol. The van der Waals surface area contributed by atoms with Crippen molar-refractivity contribution in [1.82, 2.24) is 10.4 Å². The summed E-state index contributed by atoms with van der Waals surface area (Å²) < 4.78 is 0. The molecule has 0 amide bonds. The first-order chi connectivity index (χ1) is 4.47. The number of allylic oxidation sites excluding steroid dienone is 1. The van der Waals surface area contributed by atoms with Crippen molar-refractivity contribution < 1.29 is 0 Å². The fourth-order valence-electron chi connectivity index (χ4n) is 0.833. The summed E-state index contributed by atoms with van der Waals surface area (Å²) >= 11 is 0. The molecule has 0 atom stereocenters. The minimum Gasteiger partial charge on any atom is -0.266 e. The predicted molar refractivity (Wildman–Crippen MR) is 34.2 cm³/mol. The van der Waals surface area contributed by atoms with Crippen molar-refractivity contribution in [3.63, 3.8) is 0 Å². The van der Waals surface area contributed by atoms with E-state index < -0.39 is 0 Å². The molecule has 0 aliphatic carbocycles. The Balaban J connectivity index is 2.33. The van der Waals surface area contributed by atoms with Crippen LogP contribution in [0, 0.1) is 6.08 Å². The molecule has 1 N–H and O–H groups in total. The van der Waals surface area contributed by atoms with Crippen molar-refractivity contribution in [2.75, 3.05) is 6.54 Å². The normalized spacial score (nSPS) is 22.2. The molecular formula is C6H6N3. The van der Waals surface area contributed by atoms with Gasteiger partial charge in [-0.15, -0.1) is 0 Å². The minimum absolute atomic E-state index is 0.761. The van der Waals surface area contributed by atoms with E-state index in [-0.39, 0.29) is 0 Å². The van der Waals surface area contributed by atoms with Crippen LogP contribution in [0.15, 0.2) is 23.1 Å². The molecule has 45 valence electrons. The first kappa shape index (κ1) is 4.76. The quantitative estimate of drug-likeness (QED) is 0.489. The molecule has 3 nitrogen and oxygen atoms in total. The Morgan fingerprint density at radius 2 is 2.78 bits per heavy atom. The van der Waals surface area contributed by atoms with Gasteiger partial charge in [-0.3, -0.25) is 5.01 Å². The van der Waals surface area contributed by atoms with Crippen molar-refractivity contribution in [3.05, 3.63) is 24.2 Å². The van der Waals surface area contributed by atoms with Gasteiger partial charge in [-0.05, 0) is 6.08 Å². The van der Waals surface area contributed by atoms with Gasteiger partial charge in [0.1, 0.15) is 0 Å². The first-order valence-electron chi connectivity index (χ1n) is 2.81. The molecule has 2 aliphatic heterocycles. The Morgan fingerprint density at radius 3 is 3.67 bits per heavy atom. The van der Waals surface area contributed by atoms with E-state index in [4.69, 9.17) is 0 Å². The Kier molecular flexibility index (Phi) is 0.899. The molecule has 0 fully saturated rings. The number of nitrogens with zero attached hydrogens (tertiary/aromatic N) is 2. The number of hydrogen-bond acceptors (Lipinski definition) is 3. The topological polar surface area (TPSA) is 27.6 Å². The highest BCUT2D eigenvalue weighted by molar-refractivity contribution is 5.73. The Labute approximate surface area is 53.3 Å². The van der Waals surface area contributed by atoms with Gasteiger partial charge >= 0.3 is 0 Å². The Hall–Kier alpha value is -1.09. The zero-order valence-electron chi connectivity index (χ0n) is 4.83. The second-order valence-electron chi connectivity index (χ2n) is 1.82. The number of hydrogen-bond donors (Lipinski definition) is 1. The number of hydrazine groups is 1. The number of rotatable bonds is 0. The lowest BCUT2D eigenvalue weighted by Gasteiger charge is -2.15. The number of nitrogens with one attached hydrogen (secondary N) is 1. The van der Waals surface area contributed by atoms with Crippen LogP contribution in [0.2, 0.25) is 0 Å².